The average Bonchev–Trinajstić information content (AvgIpc) is 2.65. The summed E-state index contributed by atoms with van der Waals surface area (Å²) in [5.74, 6) is 2.09. The fourth-order valence-electron chi connectivity index (χ4n) is 2.08. The van der Waals surface area contributed by atoms with Gasteiger partial charge in [-0.1, -0.05) is 25.1 Å². The summed E-state index contributed by atoms with van der Waals surface area (Å²) in [5.41, 5.74) is 0. The van der Waals surface area contributed by atoms with Gasteiger partial charge in [0.15, 0.2) is 0 Å². The molecule has 4 heteroatoms. The molecule has 1 fully saturated rings. The summed E-state index contributed by atoms with van der Waals surface area (Å²) in [6, 6.07) is 9.65. The van der Waals surface area contributed by atoms with Gasteiger partial charge in [0.1, 0.15) is 5.75 Å². The lowest BCUT2D eigenvalue weighted by Gasteiger charge is -2.20. The van der Waals surface area contributed by atoms with Crippen LogP contribution >= 0.6 is 11.8 Å². The van der Waals surface area contributed by atoms with Crippen molar-refractivity contribution in [3.63, 3.8) is 0 Å². The molecule has 1 aliphatic heterocycles. The molecule has 3 nitrogen and oxygen atoms in total. The summed E-state index contributed by atoms with van der Waals surface area (Å²) < 4.78 is 5.57. The predicted molar refractivity (Wildman–Crippen MR) is 79.7 cm³/mol. The van der Waals surface area contributed by atoms with Crippen LogP contribution in [-0.2, 0) is 4.79 Å². The molecular weight excluding hydrogens is 258 g/mol. The number of carbonyl (C=O) groups excluding carboxylic acids is 1. The molecule has 104 valence electrons. The highest BCUT2D eigenvalue weighted by atomic mass is 32.2. The number of ether oxygens (including phenoxy) is 1. The SMILES string of the molecule is C[C@@H]1CCN(C(=O)CCOc2ccccc2)CCS1. The maximum atomic E-state index is 12.1. The van der Waals surface area contributed by atoms with E-state index in [0.29, 0.717) is 18.3 Å². The molecule has 1 aliphatic rings. The number of carbonyl (C=O) groups is 1. The third kappa shape index (κ3) is 4.78. The molecule has 2 rings (SSSR count). The Morgan fingerprint density at radius 3 is 2.95 bits per heavy atom. The fraction of sp³-hybridized carbons (Fsp3) is 0.533. The van der Waals surface area contributed by atoms with Crippen LogP contribution in [0.4, 0.5) is 0 Å². The van der Waals surface area contributed by atoms with Crippen molar-refractivity contribution < 1.29 is 9.53 Å². The number of thioether (sulfide) groups is 1. The Morgan fingerprint density at radius 2 is 2.16 bits per heavy atom. The molecule has 1 heterocycles. The van der Waals surface area contributed by atoms with E-state index in [1.807, 2.05) is 47.0 Å². The second-order valence-corrected chi connectivity index (χ2v) is 6.31. The van der Waals surface area contributed by atoms with E-state index in [9.17, 15) is 4.79 Å². The molecule has 1 amide bonds. The largest absolute Gasteiger partial charge is 0.493 e. The number of nitrogens with zero attached hydrogens (tertiary/aromatic N) is 1. The number of benzene rings is 1. The van der Waals surface area contributed by atoms with Crippen molar-refractivity contribution in [2.45, 2.75) is 25.0 Å². The molecular formula is C15H21NO2S. The van der Waals surface area contributed by atoms with Crippen LogP contribution < -0.4 is 4.74 Å². The summed E-state index contributed by atoms with van der Waals surface area (Å²) in [6.07, 6.45) is 1.56. The first-order chi connectivity index (χ1) is 9.25. The standard InChI is InChI=1S/C15H21NO2S/c1-13-7-9-16(10-12-19-13)15(17)8-11-18-14-5-3-2-4-6-14/h2-6,13H,7-12H2,1H3/t13-/m1/s1. The minimum absolute atomic E-state index is 0.214. The van der Waals surface area contributed by atoms with Crippen LogP contribution in [0.15, 0.2) is 30.3 Å². The second-order valence-electron chi connectivity index (χ2n) is 4.76. The van der Waals surface area contributed by atoms with Crippen molar-refractivity contribution in [2.24, 2.45) is 0 Å². The molecule has 1 atom stereocenters. The quantitative estimate of drug-likeness (QED) is 0.849. The van der Waals surface area contributed by atoms with Crippen LogP contribution in [0.25, 0.3) is 0 Å². The molecule has 1 saturated heterocycles. The van der Waals surface area contributed by atoms with E-state index in [-0.39, 0.29) is 5.91 Å². The van der Waals surface area contributed by atoms with E-state index in [2.05, 4.69) is 6.92 Å². The maximum Gasteiger partial charge on any atom is 0.226 e. The van der Waals surface area contributed by atoms with Gasteiger partial charge in [-0.15, -0.1) is 0 Å². The van der Waals surface area contributed by atoms with Crippen molar-refractivity contribution in [1.29, 1.82) is 0 Å². The molecule has 0 saturated carbocycles. The normalized spacial score (nSPS) is 19.8. The molecule has 19 heavy (non-hydrogen) atoms. The average molecular weight is 279 g/mol. The zero-order chi connectivity index (χ0) is 13.5. The molecule has 0 bridgehead atoms. The Morgan fingerprint density at radius 1 is 1.37 bits per heavy atom. The van der Waals surface area contributed by atoms with Gasteiger partial charge in [-0.2, -0.15) is 11.8 Å². The van der Waals surface area contributed by atoms with Gasteiger partial charge in [0.05, 0.1) is 13.0 Å². The Bertz CT molecular complexity index is 396. The lowest BCUT2D eigenvalue weighted by molar-refractivity contribution is -0.131. The van der Waals surface area contributed by atoms with E-state index in [1.165, 1.54) is 0 Å². The van der Waals surface area contributed by atoms with E-state index in [0.717, 1.165) is 31.0 Å². The first kappa shape index (κ1) is 14.3. The van der Waals surface area contributed by atoms with Crippen molar-refractivity contribution >= 4 is 17.7 Å². The van der Waals surface area contributed by atoms with Gasteiger partial charge in [0.2, 0.25) is 5.91 Å². The third-order valence-electron chi connectivity index (χ3n) is 3.25. The van der Waals surface area contributed by atoms with Crippen molar-refractivity contribution in [3.8, 4) is 5.75 Å². The summed E-state index contributed by atoms with van der Waals surface area (Å²) >= 11 is 1.96. The van der Waals surface area contributed by atoms with Crippen molar-refractivity contribution in [3.05, 3.63) is 30.3 Å². The minimum atomic E-state index is 0.214. The summed E-state index contributed by atoms with van der Waals surface area (Å²) in [6.45, 7) is 4.46. The Kier molecular flexibility index (Phi) is 5.58. The third-order valence-corrected chi connectivity index (χ3v) is 4.47. The van der Waals surface area contributed by atoms with E-state index in [4.69, 9.17) is 4.74 Å². The lowest BCUT2D eigenvalue weighted by Crippen LogP contribution is -2.33. The van der Waals surface area contributed by atoms with Crippen molar-refractivity contribution in [1.82, 2.24) is 4.90 Å². The van der Waals surface area contributed by atoms with Gasteiger partial charge >= 0.3 is 0 Å². The van der Waals surface area contributed by atoms with Gasteiger partial charge in [-0.3, -0.25) is 4.79 Å². The van der Waals surface area contributed by atoms with Gasteiger partial charge in [-0.25, -0.2) is 0 Å². The topological polar surface area (TPSA) is 29.5 Å². The smallest absolute Gasteiger partial charge is 0.226 e. The van der Waals surface area contributed by atoms with Gasteiger partial charge in [0, 0.05) is 24.1 Å². The Balaban J connectivity index is 1.72. The summed E-state index contributed by atoms with van der Waals surface area (Å²) in [5, 5.41) is 0.665. The first-order valence-corrected chi connectivity index (χ1v) is 7.88. The van der Waals surface area contributed by atoms with E-state index < -0.39 is 0 Å². The Labute approximate surface area is 119 Å². The van der Waals surface area contributed by atoms with Gasteiger partial charge in [-0.05, 0) is 18.6 Å². The lowest BCUT2D eigenvalue weighted by atomic mass is 10.3. The van der Waals surface area contributed by atoms with Gasteiger partial charge in [0.25, 0.3) is 0 Å². The van der Waals surface area contributed by atoms with Crippen LogP contribution in [0.1, 0.15) is 19.8 Å². The van der Waals surface area contributed by atoms with Crippen LogP contribution in [0.3, 0.4) is 0 Å². The van der Waals surface area contributed by atoms with Crippen LogP contribution in [0.5, 0.6) is 5.75 Å². The summed E-state index contributed by atoms with van der Waals surface area (Å²) in [4.78, 5) is 14.1. The molecule has 0 aromatic heterocycles. The maximum absolute atomic E-state index is 12.1. The van der Waals surface area contributed by atoms with Crippen molar-refractivity contribution in [2.75, 3.05) is 25.4 Å². The molecule has 0 spiro atoms. The second kappa shape index (κ2) is 7.43. The predicted octanol–water partition coefficient (Wildman–Crippen LogP) is 2.81. The zero-order valence-corrected chi connectivity index (χ0v) is 12.2. The molecule has 1 aromatic carbocycles. The highest BCUT2D eigenvalue weighted by Gasteiger charge is 2.18. The monoisotopic (exact) mass is 279 g/mol. The highest BCUT2D eigenvalue weighted by Crippen LogP contribution is 2.19. The number of amides is 1. The molecule has 0 radical (unpaired) electrons. The molecule has 0 aliphatic carbocycles. The van der Waals surface area contributed by atoms with Crippen LogP contribution in [0.2, 0.25) is 0 Å². The number of rotatable bonds is 4. The first-order valence-electron chi connectivity index (χ1n) is 6.83. The Hall–Kier alpha value is -1.16. The molecule has 0 N–H and O–H groups in total. The van der Waals surface area contributed by atoms with Crippen LogP contribution in [0, 0.1) is 0 Å². The minimum Gasteiger partial charge on any atom is -0.493 e. The molecule has 1 aromatic rings. The highest BCUT2D eigenvalue weighted by molar-refractivity contribution is 7.99. The van der Waals surface area contributed by atoms with Crippen LogP contribution in [-0.4, -0.2) is 41.5 Å². The fourth-order valence-corrected chi connectivity index (χ4v) is 3.08. The van der Waals surface area contributed by atoms with E-state index >= 15 is 0 Å². The van der Waals surface area contributed by atoms with E-state index in [1.54, 1.807) is 0 Å². The van der Waals surface area contributed by atoms with Gasteiger partial charge < -0.3 is 9.64 Å². The molecule has 0 unspecified atom stereocenters. The number of hydrogen-bond donors (Lipinski definition) is 0. The summed E-state index contributed by atoms with van der Waals surface area (Å²) in [7, 11) is 0. The zero-order valence-electron chi connectivity index (χ0n) is 11.4. The number of hydrogen-bond acceptors (Lipinski definition) is 3. The number of para-hydroxylation sites is 1.